The van der Waals surface area contributed by atoms with E-state index in [0.29, 0.717) is 13.8 Å². The van der Waals surface area contributed by atoms with E-state index in [1.54, 1.807) is 0 Å². The van der Waals surface area contributed by atoms with Crippen LogP contribution >= 0.6 is 0 Å². The number of nitro groups is 4. The van der Waals surface area contributed by atoms with Gasteiger partial charge >= 0.3 is 11.3 Å². The fourth-order valence-electron chi connectivity index (χ4n) is 1.18. The van der Waals surface area contributed by atoms with Crippen LogP contribution in [0.1, 0.15) is 20.3 Å². The number of aliphatic hydroxyl groups excluding tert-OH is 1. The summed E-state index contributed by atoms with van der Waals surface area (Å²) in [6.07, 6.45) is -3.09. The molecule has 24 heavy (non-hydrogen) atoms. The van der Waals surface area contributed by atoms with Crippen LogP contribution in [0.2, 0.25) is 0 Å². The summed E-state index contributed by atoms with van der Waals surface area (Å²) in [6.45, 7) is -1.11. The van der Waals surface area contributed by atoms with Crippen molar-refractivity contribution >= 4 is 0 Å². The van der Waals surface area contributed by atoms with E-state index in [1.807, 2.05) is 0 Å². The largest absolute Gasteiger partial charge is 0.478 e. The third kappa shape index (κ3) is 4.98. The highest BCUT2D eigenvalue weighted by molar-refractivity contribution is 4.65. The monoisotopic (exact) mass is 358 g/mol. The summed E-state index contributed by atoms with van der Waals surface area (Å²) in [4.78, 5) is 46.4. The average Bonchev–Trinajstić information content (AvgIpc) is 2.48. The SMILES string of the molecule is CC(COC(CC(C)([N+](=O)[O-])[N+](=O)[O-])OOCO)([N+](=O)[O-])[N+](=O)[O-]. The van der Waals surface area contributed by atoms with Crippen LogP contribution in [0.3, 0.4) is 0 Å². The third-order valence-electron chi connectivity index (χ3n) is 2.90. The first kappa shape index (κ1) is 21.4. The van der Waals surface area contributed by atoms with Gasteiger partial charge in [-0.15, -0.1) is 0 Å². The van der Waals surface area contributed by atoms with Gasteiger partial charge in [-0.25, -0.2) is 9.78 Å². The molecule has 0 heterocycles. The molecule has 0 aromatic heterocycles. The van der Waals surface area contributed by atoms with E-state index in [2.05, 4.69) is 14.5 Å². The molecule has 0 saturated carbocycles. The van der Waals surface area contributed by atoms with Crippen molar-refractivity contribution in [2.24, 2.45) is 0 Å². The van der Waals surface area contributed by atoms with Crippen molar-refractivity contribution < 1.29 is 39.3 Å². The van der Waals surface area contributed by atoms with Crippen LogP contribution in [0, 0.1) is 40.5 Å². The number of aliphatic hydroxyl groups is 1. The Morgan fingerprint density at radius 2 is 1.33 bits per heavy atom. The lowest BCUT2D eigenvalue weighted by Crippen LogP contribution is -2.50. The molecule has 1 unspecified atom stereocenters. The molecule has 0 spiro atoms. The second-order valence-electron chi connectivity index (χ2n) is 4.75. The summed E-state index contributed by atoms with van der Waals surface area (Å²) in [6, 6.07) is 0. The standard InChI is InChI=1S/C8H14N4O12/c1-7(9(14)15,10(16)17)3-6(24-23-5-13)22-4-8(2,11(18)19)12(20)21/h6,13H,3-5H2,1-2H3. The van der Waals surface area contributed by atoms with Gasteiger partial charge in [0, 0.05) is 0 Å². The van der Waals surface area contributed by atoms with E-state index in [1.165, 1.54) is 0 Å². The Morgan fingerprint density at radius 1 is 0.917 bits per heavy atom. The van der Waals surface area contributed by atoms with E-state index >= 15 is 0 Å². The second kappa shape index (κ2) is 8.34. The van der Waals surface area contributed by atoms with Crippen LogP contribution in [-0.4, -0.2) is 55.8 Å². The Balaban J connectivity index is 5.28. The molecule has 0 aliphatic heterocycles. The van der Waals surface area contributed by atoms with Crippen LogP contribution in [0.25, 0.3) is 0 Å². The average molecular weight is 358 g/mol. The normalized spacial score (nSPS) is 13.3. The molecular formula is C8H14N4O12. The van der Waals surface area contributed by atoms with Crippen molar-refractivity contribution in [1.29, 1.82) is 0 Å². The zero-order valence-electron chi connectivity index (χ0n) is 12.4. The van der Waals surface area contributed by atoms with Gasteiger partial charge < -0.3 is 9.84 Å². The second-order valence-corrected chi connectivity index (χ2v) is 4.75. The highest BCUT2D eigenvalue weighted by Gasteiger charge is 2.56. The Kier molecular flexibility index (Phi) is 7.45. The fraction of sp³-hybridized carbons (Fsp3) is 1.00. The van der Waals surface area contributed by atoms with Gasteiger partial charge in [-0.1, -0.05) is 0 Å². The molecule has 0 radical (unpaired) electrons. The minimum atomic E-state index is -2.83. The van der Waals surface area contributed by atoms with Gasteiger partial charge in [-0.3, -0.25) is 40.5 Å². The van der Waals surface area contributed by atoms with E-state index in [9.17, 15) is 40.5 Å². The molecule has 0 amide bonds. The van der Waals surface area contributed by atoms with E-state index in [4.69, 9.17) is 5.11 Å². The number of hydrogen-bond donors (Lipinski definition) is 1. The lowest BCUT2D eigenvalue weighted by atomic mass is 10.1. The smallest absolute Gasteiger partial charge is 0.368 e. The lowest BCUT2D eigenvalue weighted by Gasteiger charge is -2.21. The molecule has 0 fully saturated rings. The zero-order chi connectivity index (χ0) is 19.1. The number of ether oxygens (including phenoxy) is 1. The highest BCUT2D eigenvalue weighted by Crippen LogP contribution is 2.22. The van der Waals surface area contributed by atoms with Crippen LogP contribution in [0.4, 0.5) is 0 Å². The molecule has 0 aromatic carbocycles. The minimum Gasteiger partial charge on any atom is -0.368 e. The molecule has 138 valence electrons. The number of nitrogens with zero attached hydrogens (tertiary/aromatic N) is 4. The Labute approximate surface area is 132 Å². The Hall–Kier alpha value is -2.56. The summed E-state index contributed by atoms with van der Waals surface area (Å²) in [5.74, 6) is 0. The van der Waals surface area contributed by atoms with Crippen molar-refractivity contribution in [3.05, 3.63) is 40.5 Å². The van der Waals surface area contributed by atoms with Gasteiger partial charge in [0.2, 0.25) is 6.29 Å². The molecule has 0 aromatic rings. The fourth-order valence-corrected chi connectivity index (χ4v) is 1.18. The van der Waals surface area contributed by atoms with E-state index < -0.39 is 57.1 Å². The maximum Gasteiger partial charge on any atom is 0.478 e. The molecule has 16 heteroatoms. The first-order chi connectivity index (χ1) is 10.9. The van der Waals surface area contributed by atoms with E-state index in [0.717, 1.165) is 0 Å². The van der Waals surface area contributed by atoms with Crippen molar-refractivity contribution in [3.8, 4) is 0 Å². The maximum absolute atomic E-state index is 10.8. The van der Waals surface area contributed by atoms with Gasteiger partial charge in [-0.2, -0.15) is 0 Å². The summed E-state index contributed by atoms with van der Waals surface area (Å²) < 4.78 is 4.68. The molecule has 0 saturated heterocycles. The van der Waals surface area contributed by atoms with Crippen molar-refractivity contribution in [2.45, 2.75) is 37.9 Å². The first-order valence-corrected chi connectivity index (χ1v) is 6.00. The molecule has 1 N–H and O–H groups in total. The number of hydrogen-bond acceptors (Lipinski definition) is 12. The predicted octanol–water partition coefficient (Wildman–Crippen LogP) is -0.844. The van der Waals surface area contributed by atoms with Crippen molar-refractivity contribution in [2.75, 3.05) is 13.4 Å². The van der Waals surface area contributed by atoms with Crippen LogP contribution in [0.5, 0.6) is 0 Å². The Bertz CT molecular complexity index is 481. The van der Waals surface area contributed by atoms with E-state index in [-0.39, 0.29) is 0 Å². The highest BCUT2D eigenvalue weighted by atomic mass is 17.2. The topological polar surface area (TPSA) is 220 Å². The molecular weight excluding hydrogens is 344 g/mol. The quantitative estimate of drug-likeness (QED) is 0.195. The molecule has 1 atom stereocenters. The van der Waals surface area contributed by atoms with Gasteiger partial charge in [0.1, 0.15) is 16.3 Å². The molecule has 16 nitrogen and oxygen atoms in total. The van der Waals surface area contributed by atoms with Crippen LogP contribution < -0.4 is 0 Å². The van der Waals surface area contributed by atoms with Gasteiger partial charge in [-0.05, 0) is 0 Å². The summed E-state index contributed by atoms with van der Waals surface area (Å²) >= 11 is 0. The van der Waals surface area contributed by atoms with Crippen molar-refractivity contribution in [3.63, 3.8) is 0 Å². The van der Waals surface area contributed by atoms with Gasteiger partial charge in [0.05, 0.1) is 23.7 Å². The third-order valence-corrected chi connectivity index (χ3v) is 2.90. The first-order valence-electron chi connectivity index (χ1n) is 6.00. The van der Waals surface area contributed by atoms with Crippen molar-refractivity contribution in [1.82, 2.24) is 0 Å². The minimum absolute atomic E-state index is 0.594. The summed E-state index contributed by atoms with van der Waals surface area (Å²) in [7, 11) is 0. The Morgan fingerprint density at radius 3 is 1.67 bits per heavy atom. The molecule has 0 bridgehead atoms. The van der Waals surface area contributed by atoms with Gasteiger partial charge in [0.25, 0.3) is 0 Å². The predicted molar refractivity (Wildman–Crippen MR) is 68.4 cm³/mol. The zero-order valence-corrected chi connectivity index (χ0v) is 12.4. The number of rotatable bonds is 12. The summed E-state index contributed by atoms with van der Waals surface area (Å²) in [5.41, 5.74) is -5.66. The summed E-state index contributed by atoms with van der Waals surface area (Å²) in [5, 5.41) is 51.6. The van der Waals surface area contributed by atoms with Crippen LogP contribution in [0.15, 0.2) is 0 Å². The van der Waals surface area contributed by atoms with Crippen LogP contribution in [-0.2, 0) is 14.5 Å². The van der Waals surface area contributed by atoms with Gasteiger partial charge in [0.15, 0.2) is 13.4 Å². The molecule has 0 aliphatic rings. The lowest BCUT2D eigenvalue weighted by molar-refractivity contribution is -0.800. The molecule has 0 aliphatic carbocycles. The molecule has 0 rings (SSSR count). The maximum atomic E-state index is 10.8.